The SMILES string of the molecule is CCCNC1(C#N)CCC(N(C)CCCOC)C1. The predicted octanol–water partition coefficient (Wildman–Crippen LogP) is 1.77. The maximum Gasteiger partial charge on any atom is 0.108 e. The molecule has 0 heterocycles. The van der Waals surface area contributed by atoms with Gasteiger partial charge in [-0.3, -0.25) is 5.32 Å². The summed E-state index contributed by atoms with van der Waals surface area (Å²) in [5, 5.41) is 12.8. The minimum atomic E-state index is -0.282. The molecule has 0 saturated heterocycles. The molecule has 4 nitrogen and oxygen atoms in total. The third kappa shape index (κ3) is 4.24. The second-order valence-electron chi connectivity index (χ2n) is 5.34. The van der Waals surface area contributed by atoms with E-state index in [9.17, 15) is 5.26 Å². The molecule has 1 aliphatic carbocycles. The Morgan fingerprint density at radius 1 is 1.56 bits per heavy atom. The molecule has 1 saturated carbocycles. The highest BCUT2D eigenvalue weighted by Gasteiger charge is 2.40. The lowest BCUT2D eigenvalue weighted by Crippen LogP contribution is -2.44. The Bertz CT molecular complexity index is 277. The van der Waals surface area contributed by atoms with Gasteiger partial charge in [-0.2, -0.15) is 5.26 Å². The average Bonchev–Trinajstić information content (AvgIpc) is 2.82. The van der Waals surface area contributed by atoms with Crippen LogP contribution in [0.4, 0.5) is 0 Å². The molecule has 2 atom stereocenters. The van der Waals surface area contributed by atoms with E-state index in [-0.39, 0.29) is 5.54 Å². The first-order valence-corrected chi connectivity index (χ1v) is 7.03. The van der Waals surface area contributed by atoms with E-state index in [1.54, 1.807) is 7.11 Å². The Labute approximate surface area is 111 Å². The molecule has 0 aromatic heterocycles. The van der Waals surface area contributed by atoms with Crippen molar-refractivity contribution >= 4 is 0 Å². The third-order valence-electron chi connectivity index (χ3n) is 3.90. The zero-order valence-corrected chi connectivity index (χ0v) is 12.0. The lowest BCUT2D eigenvalue weighted by atomic mass is 9.99. The molecule has 0 aliphatic heterocycles. The van der Waals surface area contributed by atoms with Crippen molar-refractivity contribution < 1.29 is 4.74 Å². The largest absolute Gasteiger partial charge is 0.385 e. The van der Waals surface area contributed by atoms with Crippen LogP contribution < -0.4 is 5.32 Å². The number of methoxy groups -OCH3 is 1. The van der Waals surface area contributed by atoms with Crippen LogP contribution in [0.3, 0.4) is 0 Å². The topological polar surface area (TPSA) is 48.3 Å². The fourth-order valence-corrected chi connectivity index (χ4v) is 2.70. The zero-order chi connectivity index (χ0) is 13.4. The van der Waals surface area contributed by atoms with Gasteiger partial charge in [0.25, 0.3) is 0 Å². The standard InChI is InChI=1S/C14H27N3O/c1-4-8-16-14(12-15)7-6-13(11-14)17(2)9-5-10-18-3/h13,16H,4-11H2,1-3H3. The van der Waals surface area contributed by atoms with Gasteiger partial charge in [-0.25, -0.2) is 0 Å². The second-order valence-corrected chi connectivity index (χ2v) is 5.34. The lowest BCUT2D eigenvalue weighted by Gasteiger charge is -2.27. The van der Waals surface area contributed by atoms with Crippen molar-refractivity contribution in [3.63, 3.8) is 0 Å². The van der Waals surface area contributed by atoms with Crippen LogP contribution in [-0.4, -0.2) is 50.3 Å². The molecule has 1 N–H and O–H groups in total. The van der Waals surface area contributed by atoms with E-state index in [1.807, 2.05) is 0 Å². The number of nitrogens with zero attached hydrogens (tertiary/aromatic N) is 2. The Morgan fingerprint density at radius 2 is 2.33 bits per heavy atom. The summed E-state index contributed by atoms with van der Waals surface area (Å²) in [5.41, 5.74) is -0.282. The van der Waals surface area contributed by atoms with Crippen LogP contribution in [0.5, 0.6) is 0 Å². The van der Waals surface area contributed by atoms with Crippen LogP contribution >= 0.6 is 0 Å². The van der Waals surface area contributed by atoms with Gasteiger partial charge in [0, 0.05) is 26.3 Å². The first-order chi connectivity index (χ1) is 8.67. The highest BCUT2D eigenvalue weighted by Crippen LogP contribution is 2.32. The molecule has 0 aromatic carbocycles. The summed E-state index contributed by atoms with van der Waals surface area (Å²) in [4.78, 5) is 2.38. The van der Waals surface area contributed by atoms with Gasteiger partial charge in [0.05, 0.1) is 6.07 Å². The molecule has 1 rings (SSSR count). The maximum atomic E-state index is 9.41. The van der Waals surface area contributed by atoms with Gasteiger partial charge < -0.3 is 9.64 Å². The Morgan fingerprint density at radius 3 is 2.94 bits per heavy atom. The smallest absolute Gasteiger partial charge is 0.108 e. The van der Waals surface area contributed by atoms with Gasteiger partial charge >= 0.3 is 0 Å². The number of nitriles is 1. The summed E-state index contributed by atoms with van der Waals surface area (Å²) in [5.74, 6) is 0. The first-order valence-electron chi connectivity index (χ1n) is 7.03. The summed E-state index contributed by atoms with van der Waals surface area (Å²) in [6.45, 7) is 4.94. The summed E-state index contributed by atoms with van der Waals surface area (Å²) in [6, 6.07) is 3.04. The zero-order valence-electron chi connectivity index (χ0n) is 12.0. The summed E-state index contributed by atoms with van der Waals surface area (Å²) in [6.07, 6.45) is 5.19. The summed E-state index contributed by atoms with van der Waals surface area (Å²) < 4.78 is 5.08. The van der Waals surface area contributed by atoms with E-state index in [4.69, 9.17) is 4.74 Å². The highest BCUT2D eigenvalue weighted by molar-refractivity contribution is 5.13. The molecule has 0 spiro atoms. The van der Waals surface area contributed by atoms with Gasteiger partial charge in [-0.05, 0) is 45.7 Å². The average molecular weight is 253 g/mol. The molecular weight excluding hydrogens is 226 g/mol. The first kappa shape index (κ1) is 15.4. The van der Waals surface area contributed by atoms with E-state index in [2.05, 4.69) is 30.3 Å². The van der Waals surface area contributed by atoms with Crippen LogP contribution in [0.15, 0.2) is 0 Å². The molecule has 0 bridgehead atoms. The van der Waals surface area contributed by atoms with Crippen molar-refractivity contribution in [2.24, 2.45) is 0 Å². The van der Waals surface area contributed by atoms with Gasteiger partial charge in [-0.15, -0.1) is 0 Å². The second kappa shape index (κ2) is 7.73. The molecule has 4 heteroatoms. The van der Waals surface area contributed by atoms with E-state index < -0.39 is 0 Å². The minimum Gasteiger partial charge on any atom is -0.385 e. The Kier molecular flexibility index (Phi) is 6.62. The van der Waals surface area contributed by atoms with Crippen LogP contribution in [0.25, 0.3) is 0 Å². The van der Waals surface area contributed by atoms with E-state index in [1.165, 1.54) is 0 Å². The molecule has 18 heavy (non-hydrogen) atoms. The highest BCUT2D eigenvalue weighted by atomic mass is 16.5. The van der Waals surface area contributed by atoms with Gasteiger partial charge in [0.2, 0.25) is 0 Å². The summed E-state index contributed by atoms with van der Waals surface area (Å²) >= 11 is 0. The third-order valence-corrected chi connectivity index (χ3v) is 3.90. The van der Waals surface area contributed by atoms with Gasteiger partial charge in [0.15, 0.2) is 0 Å². The number of ether oxygens (including phenoxy) is 1. The van der Waals surface area contributed by atoms with Crippen molar-refractivity contribution in [1.29, 1.82) is 5.26 Å². The Balaban J connectivity index is 2.40. The predicted molar refractivity (Wildman–Crippen MR) is 73.4 cm³/mol. The van der Waals surface area contributed by atoms with Crippen LogP contribution in [0.2, 0.25) is 0 Å². The van der Waals surface area contributed by atoms with Crippen molar-refractivity contribution in [2.75, 3.05) is 33.9 Å². The van der Waals surface area contributed by atoms with Gasteiger partial charge in [0.1, 0.15) is 5.54 Å². The molecule has 0 aromatic rings. The molecule has 1 aliphatic rings. The van der Waals surface area contributed by atoms with E-state index in [0.717, 1.165) is 51.8 Å². The minimum absolute atomic E-state index is 0.282. The van der Waals surface area contributed by atoms with Crippen molar-refractivity contribution in [3.8, 4) is 6.07 Å². The molecule has 2 unspecified atom stereocenters. The Hall–Kier alpha value is -0.630. The van der Waals surface area contributed by atoms with Crippen molar-refractivity contribution in [1.82, 2.24) is 10.2 Å². The molecule has 0 amide bonds. The molecule has 0 radical (unpaired) electrons. The molecular formula is C14H27N3O. The number of hydrogen-bond donors (Lipinski definition) is 1. The van der Waals surface area contributed by atoms with Crippen molar-refractivity contribution in [3.05, 3.63) is 0 Å². The quantitative estimate of drug-likeness (QED) is 0.670. The number of rotatable bonds is 8. The summed E-state index contributed by atoms with van der Waals surface area (Å²) in [7, 11) is 3.90. The molecule has 1 fully saturated rings. The van der Waals surface area contributed by atoms with Crippen LogP contribution in [-0.2, 0) is 4.74 Å². The van der Waals surface area contributed by atoms with Crippen molar-refractivity contribution in [2.45, 2.75) is 50.6 Å². The molecule has 104 valence electrons. The number of hydrogen-bond acceptors (Lipinski definition) is 4. The fraction of sp³-hybridized carbons (Fsp3) is 0.929. The van der Waals surface area contributed by atoms with E-state index in [0.29, 0.717) is 6.04 Å². The fourth-order valence-electron chi connectivity index (χ4n) is 2.70. The van der Waals surface area contributed by atoms with E-state index >= 15 is 0 Å². The van der Waals surface area contributed by atoms with Gasteiger partial charge in [-0.1, -0.05) is 6.92 Å². The van der Waals surface area contributed by atoms with Crippen LogP contribution in [0.1, 0.15) is 39.0 Å². The monoisotopic (exact) mass is 253 g/mol. The lowest BCUT2D eigenvalue weighted by molar-refractivity contribution is 0.164. The normalized spacial score (nSPS) is 27.6. The van der Waals surface area contributed by atoms with Crippen LogP contribution in [0, 0.1) is 11.3 Å². The maximum absolute atomic E-state index is 9.41. The number of nitrogens with one attached hydrogen (secondary N) is 1.